The van der Waals surface area contributed by atoms with E-state index in [9.17, 15) is 19.7 Å². The summed E-state index contributed by atoms with van der Waals surface area (Å²) in [7, 11) is 0. The summed E-state index contributed by atoms with van der Waals surface area (Å²) in [4.78, 5) is 37.9. The molecule has 136 valence electrons. The van der Waals surface area contributed by atoms with Crippen LogP contribution in [0, 0.1) is 27.9 Å². The van der Waals surface area contributed by atoms with Gasteiger partial charge in [0.2, 0.25) is 11.8 Å². The molecule has 7 nitrogen and oxygen atoms in total. The molecule has 1 aliphatic carbocycles. The predicted molar refractivity (Wildman–Crippen MR) is 93.4 cm³/mol. The summed E-state index contributed by atoms with van der Waals surface area (Å²) in [5.74, 6) is -1.51. The molecule has 0 aromatic heterocycles. The number of ether oxygens (including phenoxy) is 1. The lowest BCUT2D eigenvalue weighted by molar-refractivity contribution is -0.384. The van der Waals surface area contributed by atoms with Crippen molar-refractivity contribution in [2.24, 2.45) is 17.8 Å². The number of imide groups is 1. The third-order valence-electron chi connectivity index (χ3n) is 5.86. The number of nitro groups is 1. The first-order valence-corrected chi connectivity index (χ1v) is 8.85. The number of hydrogen-bond acceptors (Lipinski definition) is 5. The van der Waals surface area contributed by atoms with E-state index in [1.165, 1.54) is 29.2 Å². The molecule has 0 N–H and O–H groups in total. The van der Waals surface area contributed by atoms with Crippen molar-refractivity contribution in [3.05, 3.63) is 46.0 Å². The zero-order valence-electron chi connectivity index (χ0n) is 14.7. The van der Waals surface area contributed by atoms with Gasteiger partial charge in [0.05, 0.1) is 34.7 Å². The lowest BCUT2D eigenvalue weighted by Crippen LogP contribution is -2.56. The Kier molecular flexibility index (Phi) is 3.73. The van der Waals surface area contributed by atoms with Crippen LogP contribution in [0.1, 0.15) is 26.7 Å². The van der Waals surface area contributed by atoms with Gasteiger partial charge in [-0.05, 0) is 25.5 Å². The Bertz CT molecular complexity index is 831. The summed E-state index contributed by atoms with van der Waals surface area (Å²) in [6, 6.07) is 5.55. The standard InChI is InChI=1S/C19H20N2O5/c1-3-8-19-9-11(2)14(10-26-19)15-16(19)18(23)20(17(15)22)12-4-6-13(7-5-12)21(24)25/h4-7,9,14-16H,3,8,10H2,1-2H3/t14-,15+,16-,19+/m1/s1. The number of benzene rings is 1. The number of carbonyl (C=O) groups is 2. The summed E-state index contributed by atoms with van der Waals surface area (Å²) < 4.78 is 6.08. The Morgan fingerprint density at radius 1 is 1.27 bits per heavy atom. The van der Waals surface area contributed by atoms with Crippen LogP contribution in [0.2, 0.25) is 0 Å². The number of nitrogens with zero attached hydrogens (tertiary/aromatic N) is 2. The van der Waals surface area contributed by atoms with Crippen molar-refractivity contribution in [2.75, 3.05) is 11.5 Å². The average Bonchev–Trinajstić information content (AvgIpc) is 2.88. The van der Waals surface area contributed by atoms with Gasteiger partial charge < -0.3 is 4.74 Å². The summed E-state index contributed by atoms with van der Waals surface area (Å²) in [6.07, 6.45) is 3.57. The van der Waals surface area contributed by atoms with Crippen molar-refractivity contribution in [3.8, 4) is 0 Å². The van der Waals surface area contributed by atoms with E-state index < -0.39 is 22.4 Å². The van der Waals surface area contributed by atoms with Gasteiger partial charge in [-0.3, -0.25) is 19.7 Å². The maximum absolute atomic E-state index is 13.2. The number of anilines is 1. The Morgan fingerprint density at radius 3 is 2.54 bits per heavy atom. The third-order valence-corrected chi connectivity index (χ3v) is 5.86. The highest BCUT2D eigenvalue weighted by molar-refractivity contribution is 6.23. The molecular formula is C19H20N2O5. The van der Waals surface area contributed by atoms with E-state index in [1.807, 2.05) is 19.9 Å². The molecule has 2 amide bonds. The normalized spacial score (nSPS) is 32.6. The Morgan fingerprint density at radius 2 is 1.96 bits per heavy atom. The van der Waals surface area contributed by atoms with Gasteiger partial charge in [-0.15, -0.1) is 0 Å². The number of hydrogen-bond donors (Lipinski definition) is 0. The SMILES string of the molecule is CCC[C@@]12C=C(C)[C@@H](CO1)[C@@H]1C(=O)N(c3ccc([N+](=O)[O-])cc3)C(=O)[C@@H]12. The largest absolute Gasteiger partial charge is 0.369 e. The molecule has 3 aliphatic heterocycles. The summed E-state index contributed by atoms with van der Waals surface area (Å²) in [5, 5.41) is 10.8. The molecule has 2 saturated heterocycles. The monoisotopic (exact) mass is 356 g/mol. The fourth-order valence-electron chi connectivity index (χ4n) is 4.76. The first-order chi connectivity index (χ1) is 12.4. The molecule has 2 fully saturated rings. The third kappa shape index (κ3) is 2.16. The molecule has 0 radical (unpaired) electrons. The van der Waals surface area contributed by atoms with Crippen LogP contribution in [0.15, 0.2) is 35.9 Å². The minimum absolute atomic E-state index is 0.0753. The molecule has 0 spiro atoms. The van der Waals surface area contributed by atoms with E-state index in [0.717, 1.165) is 12.0 Å². The van der Waals surface area contributed by atoms with Gasteiger partial charge in [-0.1, -0.05) is 25.0 Å². The van der Waals surface area contributed by atoms with Gasteiger partial charge in [-0.2, -0.15) is 0 Å². The van der Waals surface area contributed by atoms with Crippen LogP contribution in [0.4, 0.5) is 11.4 Å². The second kappa shape index (κ2) is 5.74. The molecule has 4 aliphatic rings. The van der Waals surface area contributed by atoms with Gasteiger partial charge >= 0.3 is 0 Å². The molecule has 3 heterocycles. The highest BCUT2D eigenvalue weighted by Crippen LogP contribution is 2.54. The molecule has 26 heavy (non-hydrogen) atoms. The zero-order chi connectivity index (χ0) is 18.6. The Balaban J connectivity index is 1.75. The van der Waals surface area contributed by atoms with Crippen LogP contribution in [-0.2, 0) is 14.3 Å². The molecule has 4 atom stereocenters. The van der Waals surface area contributed by atoms with E-state index in [1.54, 1.807) is 0 Å². The number of amides is 2. The molecule has 0 unspecified atom stereocenters. The quantitative estimate of drug-likeness (QED) is 0.358. The second-order valence-electron chi connectivity index (χ2n) is 7.30. The molecular weight excluding hydrogens is 336 g/mol. The Labute approximate surface area is 150 Å². The van der Waals surface area contributed by atoms with E-state index in [2.05, 4.69) is 0 Å². The summed E-state index contributed by atoms with van der Waals surface area (Å²) in [6.45, 7) is 4.49. The lowest BCUT2D eigenvalue weighted by Gasteiger charge is -2.50. The highest BCUT2D eigenvalue weighted by atomic mass is 16.6. The smallest absolute Gasteiger partial charge is 0.269 e. The highest BCUT2D eigenvalue weighted by Gasteiger charge is 2.64. The van der Waals surface area contributed by atoms with Gasteiger partial charge in [0.1, 0.15) is 0 Å². The van der Waals surface area contributed by atoms with E-state index in [0.29, 0.717) is 18.7 Å². The van der Waals surface area contributed by atoms with Crippen LogP contribution in [0.5, 0.6) is 0 Å². The maximum Gasteiger partial charge on any atom is 0.269 e. The van der Waals surface area contributed by atoms with Crippen LogP contribution in [0.3, 0.4) is 0 Å². The lowest BCUT2D eigenvalue weighted by atomic mass is 9.63. The molecule has 1 aromatic carbocycles. The van der Waals surface area contributed by atoms with Crippen molar-refractivity contribution >= 4 is 23.2 Å². The maximum atomic E-state index is 13.2. The minimum atomic E-state index is -0.722. The van der Waals surface area contributed by atoms with Gasteiger partial charge in [-0.25, -0.2) is 4.90 Å². The van der Waals surface area contributed by atoms with Gasteiger partial charge in [0, 0.05) is 18.1 Å². The van der Waals surface area contributed by atoms with Crippen LogP contribution in [0.25, 0.3) is 0 Å². The predicted octanol–water partition coefficient (Wildman–Crippen LogP) is 2.85. The molecule has 1 aromatic rings. The van der Waals surface area contributed by atoms with Crippen LogP contribution < -0.4 is 4.90 Å². The van der Waals surface area contributed by atoms with E-state index in [-0.39, 0.29) is 23.4 Å². The first kappa shape index (κ1) is 16.9. The summed E-state index contributed by atoms with van der Waals surface area (Å²) in [5.41, 5.74) is 0.690. The fourth-order valence-corrected chi connectivity index (χ4v) is 4.76. The number of fused-ring (bicyclic) bond motifs is 1. The molecule has 0 saturated carbocycles. The van der Waals surface area contributed by atoms with Gasteiger partial charge in [0.25, 0.3) is 5.69 Å². The zero-order valence-corrected chi connectivity index (χ0v) is 14.7. The number of rotatable bonds is 4. The fraction of sp³-hybridized carbons (Fsp3) is 0.474. The molecule has 5 rings (SSSR count). The topological polar surface area (TPSA) is 89.8 Å². The Hall–Kier alpha value is -2.54. The van der Waals surface area contributed by atoms with Crippen LogP contribution in [-0.4, -0.2) is 28.9 Å². The number of nitro benzene ring substituents is 1. The van der Waals surface area contributed by atoms with Crippen molar-refractivity contribution in [1.29, 1.82) is 0 Å². The summed E-state index contributed by atoms with van der Waals surface area (Å²) >= 11 is 0. The van der Waals surface area contributed by atoms with Crippen molar-refractivity contribution < 1.29 is 19.2 Å². The second-order valence-corrected chi connectivity index (χ2v) is 7.30. The number of carbonyl (C=O) groups excluding carboxylic acids is 2. The minimum Gasteiger partial charge on any atom is -0.369 e. The van der Waals surface area contributed by atoms with E-state index in [4.69, 9.17) is 4.74 Å². The first-order valence-electron chi connectivity index (χ1n) is 8.85. The average molecular weight is 356 g/mol. The van der Waals surface area contributed by atoms with Crippen LogP contribution >= 0.6 is 0 Å². The van der Waals surface area contributed by atoms with Gasteiger partial charge in [0.15, 0.2) is 0 Å². The molecule has 2 bridgehead atoms. The van der Waals surface area contributed by atoms with Crippen molar-refractivity contribution in [3.63, 3.8) is 0 Å². The van der Waals surface area contributed by atoms with Crippen molar-refractivity contribution in [2.45, 2.75) is 32.3 Å². The van der Waals surface area contributed by atoms with E-state index >= 15 is 0 Å². The number of non-ortho nitro benzene ring substituents is 1. The molecule has 7 heteroatoms. The van der Waals surface area contributed by atoms with Crippen molar-refractivity contribution in [1.82, 2.24) is 0 Å².